The maximum absolute atomic E-state index is 4.79. The number of para-hydroxylation sites is 1. The van der Waals surface area contributed by atoms with Crippen LogP contribution in [0.3, 0.4) is 0 Å². The number of nitrogens with zero attached hydrogens (tertiary/aromatic N) is 5. The van der Waals surface area contributed by atoms with E-state index in [-0.39, 0.29) is 0 Å². The van der Waals surface area contributed by atoms with Crippen molar-refractivity contribution in [3.8, 4) is 11.4 Å². The fourth-order valence-electron chi connectivity index (χ4n) is 3.57. The monoisotopic (exact) mass is 376 g/mol. The number of benzene rings is 1. The fraction of sp³-hybridized carbons (Fsp3) is 0.409. The fourth-order valence-corrected chi connectivity index (χ4v) is 3.57. The number of fused-ring (bicyclic) bond motifs is 1. The highest BCUT2D eigenvalue weighted by atomic mass is 15.2. The SMILES string of the molecule is CN1CCN(CCCCNc2nc(-c3cccnc3)nc3ccccc23)CC1. The maximum Gasteiger partial charge on any atom is 0.163 e. The van der Waals surface area contributed by atoms with Crippen LogP contribution in [0.2, 0.25) is 0 Å². The quantitative estimate of drug-likeness (QED) is 0.640. The summed E-state index contributed by atoms with van der Waals surface area (Å²) in [7, 11) is 2.20. The van der Waals surface area contributed by atoms with E-state index in [0.29, 0.717) is 5.82 Å². The average Bonchev–Trinajstić information content (AvgIpc) is 2.75. The minimum absolute atomic E-state index is 0.715. The molecule has 6 heteroatoms. The average molecular weight is 377 g/mol. The molecule has 0 unspecified atom stereocenters. The number of anilines is 1. The van der Waals surface area contributed by atoms with Crippen LogP contribution in [0.25, 0.3) is 22.3 Å². The highest BCUT2D eigenvalue weighted by molar-refractivity contribution is 5.90. The van der Waals surface area contributed by atoms with Crippen LogP contribution in [0, 0.1) is 0 Å². The van der Waals surface area contributed by atoms with E-state index in [9.17, 15) is 0 Å². The van der Waals surface area contributed by atoms with Crippen molar-refractivity contribution in [3.05, 3.63) is 48.8 Å². The lowest BCUT2D eigenvalue weighted by atomic mass is 10.2. The summed E-state index contributed by atoms with van der Waals surface area (Å²) in [5, 5.41) is 4.61. The van der Waals surface area contributed by atoms with Crippen LogP contribution in [0.5, 0.6) is 0 Å². The predicted molar refractivity (Wildman–Crippen MR) is 114 cm³/mol. The molecule has 2 aromatic heterocycles. The maximum atomic E-state index is 4.79. The Hall–Kier alpha value is -2.57. The molecule has 0 radical (unpaired) electrons. The Bertz CT molecular complexity index is 890. The van der Waals surface area contributed by atoms with Crippen molar-refractivity contribution in [2.75, 3.05) is 51.6 Å². The highest BCUT2D eigenvalue weighted by Crippen LogP contribution is 2.24. The number of aromatic nitrogens is 3. The molecular weight excluding hydrogens is 348 g/mol. The molecule has 3 heterocycles. The lowest BCUT2D eigenvalue weighted by Crippen LogP contribution is -2.44. The molecule has 0 saturated carbocycles. The summed E-state index contributed by atoms with van der Waals surface area (Å²) in [5.74, 6) is 1.62. The summed E-state index contributed by atoms with van der Waals surface area (Å²) in [6.07, 6.45) is 5.91. The third-order valence-electron chi connectivity index (χ3n) is 5.31. The van der Waals surface area contributed by atoms with Crippen molar-refractivity contribution in [1.29, 1.82) is 0 Å². The number of hydrogen-bond donors (Lipinski definition) is 1. The number of unbranched alkanes of at least 4 members (excludes halogenated alkanes) is 1. The van der Waals surface area contributed by atoms with Crippen LogP contribution in [-0.4, -0.2) is 71.1 Å². The Morgan fingerprint density at radius 3 is 2.64 bits per heavy atom. The molecule has 0 atom stereocenters. The largest absolute Gasteiger partial charge is 0.369 e. The summed E-state index contributed by atoms with van der Waals surface area (Å²) in [4.78, 5) is 18.7. The zero-order valence-corrected chi connectivity index (χ0v) is 16.5. The zero-order chi connectivity index (χ0) is 19.2. The number of nitrogens with one attached hydrogen (secondary N) is 1. The molecule has 1 N–H and O–H groups in total. The minimum atomic E-state index is 0.715. The van der Waals surface area contributed by atoms with Crippen LogP contribution in [-0.2, 0) is 0 Å². The molecule has 4 rings (SSSR count). The van der Waals surface area contributed by atoms with Gasteiger partial charge in [0.25, 0.3) is 0 Å². The molecule has 0 aliphatic carbocycles. The first-order chi connectivity index (χ1) is 13.8. The van der Waals surface area contributed by atoms with Crippen LogP contribution in [0.1, 0.15) is 12.8 Å². The summed E-state index contributed by atoms with van der Waals surface area (Å²) in [6.45, 7) is 6.84. The molecule has 6 nitrogen and oxygen atoms in total. The second-order valence-corrected chi connectivity index (χ2v) is 7.43. The van der Waals surface area contributed by atoms with Gasteiger partial charge < -0.3 is 15.1 Å². The van der Waals surface area contributed by atoms with E-state index >= 15 is 0 Å². The second-order valence-electron chi connectivity index (χ2n) is 7.43. The van der Waals surface area contributed by atoms with Gasteiger partial charge in [0.2, 0.25) is 0 Å². The molecular formula is C22H28N6. The van der Waals surface area contributed by atoms with Gasteiger partial charge in [-0.05, 0) is 50.7 Å². The van der Waals surface area contributed by atoms with E-state index < -0.39 is 0 Å². The summed E-state index contributed by atoms with van der Waals surface area (Å²) in [6, 6.07) is 12.1. The van der Waals surface area contributed by atoms with Crippen molar-refractivity contribution < 1.29 is 0 Å². The van der Waals surface area contributed by atoms with Crippen molar-refractivity contribution >= 4 is 16.7 Å². The molecule has 1 aliphatic rings. The molecule has 146 valence electrons. The normalized spacial score (nSPS) is 15.8. The number of pyridine rings is 1. The Kier molecular flexibility index (Phi) is 6.09. The smallest absolute Gasteiger partial charge is 0.163 e. The number of piperazine rings is 1. The van der Waals surface area contributed by atoms with Gasteiger partial charge in [-0.15, -0.1) is 0 Å². The van der Waals surface area contributed by atoms with Gasteiger partial charge in [-0.1, -0.05) is 12.1 Å². The third-order valence-corrected chi connectivity index (χ3v) is 5.31. The third kappa shape index (κ3) is 4.64. The van der Waals surface area contributed by atoms with Crippen molar-refractivity contribution in [2.45, 2.75) is 12.8 Å². The Labute approximate surface area is 166 Å². The Morgan fingerprint density at radius 2 is 1.82 bits per heavy atom. The van der Waals surface area contributed by atoms with Crippen LogP contribution >= 0.6 is 0 Å². The molecule has 0 amide bonds. The van der Waals surface area contributed by atoms with E-state index in [2.05, 4.69) is 33.2 Å². The van der Waals surface area contributed by atoms with Crippen LogP contribution in [0.4, 0.5) is 5.82 Å². The lowest BCUT2D eigenvalue weighted by molar-refractivity contribution is 0.152. The van der Waals surface area contributed by atoms with Gasteiger partial charge in [-0.3, -0.25) is 4.98 Å². The Morgan fingerprint density at radius 1 is 0.964 bits per heavy atom. The number of likely N-dealkylation sites (N-methyl/N-ethyl adjacent to an activating group) is 1. The van der Waals surface area contributed by atoms with E-state index in [1.165, 1.54) is 39.1 Å². The molecule has 28 heavy (non-hydrogen) atoms. The zero-order valence-electron chi connectivity index (χ0n) is 16.5. The van der Waals surface area contributed by atoms with Crippen LogP contribution < -0.4 is 5.32 Å². The highest BCUT2D eigenvalue weighted by Gasteiger charge is 2.13. The van der Waals surface area contributed by atoms with E-state index in [1.54, 1.807) is 6.20 Å². The van der Waals surface area contributed by atoms with Crippen molar-refractivity contribution in [1.82, 2.24) is 24.8 Å². The van der Waals surface area contributed by atoms with E-state index in [4.69, 9.17) is 9.97 Å². The molecule has 1 saturated heterocycles. The second kappa shape index (κ2) is 9.08. The van der Waals surface area contributed by atoms with Gasteiger partial charge in [0.1, 0.15) is 5.82 Å². The minimum Gasteiger partial charge on any atom is -0.369 e. The summed E-state index contributed by atoms with van der Waals surface area (Å²) in [5.41, 5.74) is 1.89. The Balaban J connectivity index is 1.39. The number of hydrogen-bond acceptors (Lipinski definition) is 6. The first-order valence-electron chi connectivity index (χ1n) is 10.1. The summed E-state index contributed by atoms with van der Waals surface area (Å²) < 4.78 is 0. The van der Waals surface area contributed by atoms with Gasteiger partial charge in [0.15, 0.2) is 5.82 Å². The van der Waals surface area contributed by atoms with Gasteiger partial charge in [-0.25, -0.2) is 9.97 Å². The molecule has 1 fully saturated rings. The predicted octanol–water partition coefficient (Wildman–Crippen LogP) is 3.13. The van der Waals surface area contributed by atoms with Crippen molar-refractivity contribution in [2.24, 2.45) is 0 Å². The van der Waals surface area contributed by atoms with Gasteiger partial charge in [0.05, 0.1) is 5.52 Å². The molecule has 0 bridgehead atoms. The van der Waals surface area contributed by atoms with E-state index in [0.717, 1.165) is 35.2 Å². The molecule has 3 aromatic rings. The van der Waals surface area contributed by atoms with Gasteiger partial charge in [-0.2, -0.15) is 0 Å². The van der Waals surface area contributed by atoms with E-state index in [1.807, 2.05) is 36.5 Å². The standard InChI is InChI=1S/C22H28N6/c1-27-13-15-28(16-14-27)12-5-4-11-24-22-19-8-2-3-9-20(19)25-21(26-22)18-7-6-10-23-17-18/h2-3,6-10,17H,4-5,11-16H2,1H3,(H,24,25,26). The first-order valence-corrected chi connectivity index (χ1v) is 10.1. The van der Waals surface area contributed by atoms with Crippen LogP contribution in [0.15, 0.2) is 48.8 Å². The number of rotatable bonds is 7. The lowest BCUT2D eigenvalue weighted by Gasteiger charge is -2.32. The molecule has 0 spiro atoms. The molecule has 1 aromatic carbocycles. The van der Waals surface area contributed by atoms with Gasteiger partial charge >= 0.3 is 0 Å². The topological polar surface area (TPSA) is 57.2 Å². The van der Waals surface area contributed by atoms with Gasteiger partial charge in [0, 0.05) is 56.1 Å². The van der Waals surface area contributed by atoms with Crippen molar-refractivity contribution in [3.63, 3.8) is 0 Å². The summed E-state index contributed by atoms with van der Waals surface area (Å²) >= 11 is 0. The first kappa shape index (κ1) is 18.8. The molecule has 1 aliphatic heterocycles.